The van der Waals surface area contributed by atoms with Gasteiger partial charge in [0.25, 0.3) is 0 Å². The van der Waals surface area contributed by atoms with Crippen LogP contribution in [0.2, 0.25) is 0 Å². The van der Waals surface area contributed by atoms with Crippen LogP contribution in [0, 0.1) is 0 Å². The van der Waals surface area contributed by atoms with Crippen LogP contribution in [0.15, 0.2) is 60.9 Å². The molecule has 5 nitrogen and oxygen atoms in total. The van der Waals surface area contributed by atoms with Crippen LogP contribution in [-0.2, 0) is 11.3 Å². The minimum absolute atomic E-state index is 0.0761. The summed E-state index contributed by atoms with van der Waals surface area (Å²) < 4.78 is 7.70. The van der Waals surface area contributed by atoms with Gasteiger partial charge in [-0.3, -0.25) is 4.79 Å². The van der Waals surface area contributed by atoms with Gasteiger partial charge in [0.2, 0.25) is 5.91 Å². The Bertz CT molecular complexity index is 799. The van der Waals surface area contributed by atoms with Crippen LogP contribution in [0.5, 0.6) is 5.75 Å². The zero-order chi connectivity index (χ0) is 17.3. The summed E-state index contributed by atoms with van der Waals surface area (Å²) in [6, 6.07) is 17.7. The number of fused-ring (bicyclic) bond motifs is 1. The van der Waals surface area contributed by atoms with Crippen LogP contribution in [0.3, 0.4) is 0 Å². The third kappa shape index (κ3) is 5.08. The molecule has 0 radical (unpaired) electrons. The van der Waals surface area contributed by atoms with E-state index in [1.54, 1.807) is 0 Å². The minimum Gasteiger partial charge on any atom is -0.494 e. The molecule has 1 N–H and O–H groups in total. The Hall–Kier alpha value is -2.82. The van der Waals surface area contributed by atoms with E-state index in [1.807, 2.05) is 54.9 Å². The van der Waals surface area contributed by atoms with Crippen molar-refractivity contribution in [2.45, 2.75) is 25.8 Å². The van der Waals surface area contributed by atoms with Gasteiger partial charge in [-0.1, -0.05) is 30.3 Å². The SMILES string of the molecule is O=C(CCCOc1ccccc1)NCCCn1cnc2ccccc21. The Morgan fingerprint density at radius 3 is 2.72 bits per heavy atom. The highest BCUT2D eigenvalue weighted by Crippen LogP contribution is 2.12. The predicted octanol–water partition coefficient (Wildman–Crippen LogP) is 3.40. The third-order valence-corrected chi connectivity index (χ3v) is 3.99. The molecule has 0 fully saturated rings. The molecule has 0 unspecified atom stereocenters. The van der Waals surface area contributed by atoms with E-state index in [9.17, 15) is 4.79 Å². The highest BCUT2D eigenvalue weighted by atomic mass is 16.5. The molecule has 3 rings (SSSR count). The van der Waals surface area contributed by atoms with Gasteiger partial charge in [0.15, 0.2) is 0 Å². The molecule has 3 aromatic rings. The number of ether oxygens (including phenoxy) is 1. The molecular formula is C20H23N3O2. The fraction of sp³-hybridized carbons (Fsp3) is 0.300. The molecular weight excluding hydrogens is 314 g/mol. The lowest BCUT2D eigenvalue weighted by Gasteiger charge is -2.08. The summed E-state index contributed by atoms with van der Waals surface area (Å²) in [5.74, 6) is 0.919. The number of para-hydroxylation sites is 3. The number of hydrogen-bond acceptors (Lipinski definition) is 3. The largest absolute Gasteiger partial charge is 0.494 e. The van der Waals surface area contributed by atoms with Crippen molar-refractivity contribution in [1.82, 2.24) is 14.9 Å². The second kappa shape index (κ2) is 8.87. The first-order chi connectivity index (χ1) is 12.3. The van der Waals surface area contributed by atoms with Crippen molar-refractivity contribution in [3.8, 4) is 5.75 Å². The second-order valence-electron chi connectivity index (χ2n) is 5.90. The third-order valence-electron chi connectivity index (χ3n) is 3.99. The van der Waals surface area contributed by atoms with Crippen LogP contribution in [-0.4, -0.2) is 28.6 Å². The minimum atomic E-state index is 0.0761. The lowest BCUT2D eigenvalue weighted by atomic mass is 10.3. The number of carbonyl (C=O) groups excluding carboxylic acids is 1. The average Bonchev–Trinajstić information content (AvgIpc) is 3.06. The topological polar surface area (TPSA) is 56.1 Å². The first-order valence-electron chi connectivity index (χ1n) is 8.67. The molecule has 0 spiro atoms. The molecule has 0 aliphatic rings. The van der Waals surface area contributed by atoms with Gasteiger partial charge in [0, 0.05) is 19.5 Å². The molecule has 5 heteroatoms. The molecule has 130 valence electrons. The van der Waals surface area contributed by atoms with Crippen LogP contribution < -0.4 is 10.1 Å². The van der Waals surface area contributed by atoms with Crippen molar-refractivity contribution in [2.24, 2.45) is 0 Å². The highest BCUT2D eigenvalue weighted by molar-refractivity contribution is 5.76. The fourth-order valence-corrected chi connectivity index (χ4v) is 2.69. The van der Waals surface area contributed by atoms with Gasteiger partial charge in [-0.2, -0.15) is 0 Å². The standard InChI is InChI=1S/C20H23N3O2/c24-20(12-6-15-25-17-8-2-1-3-9-17)21-13-7-14-23-16-22-18-10-4-5-11-19(18)23/h1-5,8-11,16H,6-7,12-15H2,(H,21,24). The van der Waals surface area contributed by atoms with Crippen molar-refractivity contribution < 1.29 is 9.53 Å². The lowest BCUT2D eigenvalue weighted by molar-refractivity contribution is -0.121. The van der Waals surface area contributed by atoms with E-state index in [4.69, 9.17) is 4.74 Å². The molecule has 0 saturated heterocycles. The van der Waals surface area contributed by atoms with Gasteiger partial charge in [-0.15, -0.1) is 0 Å². The molecule has 1 aromatic heterocycles. The van der Waals surface area contributed by atoms with Gasteiger partial charge in [-0.25, -0.2) is 4.98 Å². The summed E-state index contributed by atoms with van der Waals surface area (Å²) in [6.45, 7) is 2.07. The average molecular weight is 337 g/mol. The van der Waals surface area contributed by atoms with Gasteiger partial charge in [0.1, 0.15) is 5.75 Å². The molecule has 1 heterocycles. The quantitative estimate of drug-likeness (QED) is 0.609. The number of nitrogens with one attached hydrogen (secondary N) is 1. The van der Waals surface area contributed by atoms with Crippen molar-refractivity contribution in [3.05, 3.63) is 60.9 Å². The normalized spacial score (nSPS) is 10.7. The number of aryl methyl sites for hydroxylation is 1. The van der Waals surface area contributed by atoms with Gasteiger partial charge >= 0.3 is 0 Å². The Morgan fingerprint density at radius 1 is 1.04 bits per heavy atom. The highest BCUT2D eigenvalue weighted by Gasteiger charge is 2.03. The maximum atomic E-state index is 11.8. The van der Waals surface area contributed by atoms with Crippen LogP contribution in [0.1, 0.15) is 19.3 Å². The summed E-state index contributed by atoms with van der Waals surface area (Å²) >= 11 is 0. The first kappa shape index (κ1) is 17.0. The number of nitrogens with zero attached hydrogens (tertiary/aromatic N) is 2. The van der Waals surface area contributed by atoms with E-state index < -0.39 is 0 Å². The molecule has 0 bridgehead atoms. The van der Waals surface area contributed by atoms with Crippen LogP contribution >= 0.6 is 0 Å². The van der Waals surface area contributed by atoms with E-state index >= 15 is 0 Å². The molecule has 0 aliphatic heterocycles. The van der Waals surface area contributed by atoms with Gasteiger partial charge in [-0.05, 0) is 37.1 Å². The summed E-state index contributed by atoms with van der Waals surface area (Å²) in [5, 5.41) is 2.96. The Morgan fingerprint density at radius 2 is 1.84 bits per heavy atom. The number of hydrogen-bond donors (Lipinski definition) is 1. The molecule has 25 heavy (non-hydrogen) atoms. The number of imidazole rings is 1. The van der Waals surface area contributed by atoms with Crippen LogP contribution in [0.25, 0.3) is 11.0 Å². The zero-order valence-corrected chi connectivity index (χ0v) is 14.2. The number of benzene rings is 2. The van der Waals surface area contributed by atoms with E-state index in [0.29, 0.717) is 26.0 Å². The summed E-state index contributed by atoms with van der Waals surface area (Å²) in [4.78, 5) is 16.2. The number of carbonyl (C=O) groups is 1. The molecule has 1 amide bonds. The number of aromatic nitrogens is 2. The summed E-state index contributed by atoms with van der Waals surface area (Å²) in [5.41, 5.74) is 2.14. The summed E-state index contributed by atoms with van der Waals surface area (Å²) in [7, 11) is 0. The number of rotatable bonds is 9. The Balaban J connectivity index is 1.29. The first-order valence-corrected chi connectivity index (χ1v) is 8.67. The molecule has 2 aromatic carbocycles. The maximum Gasteiger partial charge on any atom is 0.220 e. The van der Waals surface area contributed by atoms with Crippen molar-refractivity contribution in [2.75, 3.05) is 13.2 Å². The predicted molar refractivity (Wildman–Crippen MR) is 98.5 cm³/mol. The van der Waals surface area contributed by atoms with E-state index in [-0.39, 0.29) is 5.91 Å². The lowest BCUT2D eigenvalue weighted by Crippen LogP contribution is -2.25. The van der Waals surface area contributed by atoms with Crippen molar-refractivity contribution in [3.63, 3.8) is 0 Å². The van der Waals surface area contributed by atoms with E-state index in [1.165, 1.54) is 0 Å². The molecule has 0 aliphatic carbocycles. The van der Waals surface area contributed by atoms with Crippen LogP contribution in [0.4, 0.5) is 0 Å². The monoisotopic (exact) mass is 337 g/mol. The molecule has 0 atom stereocenters. The Kier molecular flexibility index (Phi) is 6.04. The van der Waals surface area contributed by atoms with E-state index in [2.05, 4.69) is 20.9 Å². The Labute approximate surface area is 147 Å². The smallest absolute Gasteiger partial charge is 0.220 e. The van der Waals surface area contributed by atoms with E-state index in [0.717, 1.165) is 29.7 Å². The number of amides is 1. The molecule has 0 saturated carbocycles. The zero-order valence-electron chi connectivity index (χ0n) is 14.2. The second-order valence-corrected chi connectivity index (χ2v) is 5.90. The van der Waals surface area contributed by atoms with Crippen molar-refractivity contribution in [1.29, 1.82) is 0 Å². The summed E-state index contributed by atoms with van der Waals surface area (Å²) in [6.07, 6.45) is 3.94. The van der Waals surface area contributed by atoms with Gasteiger partial charge in [0.05, 0.1) is 24.0 Å². The fourth-order valence-electron chi connectivity index (χ4n) is 2.69. The van der Waals surface area contributed by atoms with Gasteiger partial charge < -0.3 is 14.6 Å². The maximum absolute atomic E-state index is 11.8. The van der Waals surface area contributed by atoms with Crippen molar-refractivity contribution >= 4 is 16.9 Å².